The molecule has 0 saturated carbocycles. The van der Waals surface area contributed by atoms with Crippen LogP contribution in [0.25, 0.3) is 0 Å². The first kappa shape index (κ1) is 25.9. The second kappa shape index (κ2) is 11.6. The van der Waals surface area contributed by atoms with Crippen LogP contribution in [-0.2, 0) is 22.5 Å². The van der Waals surface area contributed by atoms with Crippen LogP contribution in [0.4, 0.5) is 0 Å². The number of nitrogens with zero attached hydrogens (tertiary/aromatic N) is 5. The molecule has 1 aromatic heterocycles. The van der Waals surface area contributed by atoms with E-state index in [1.165, 1.54) is 0 Å². The van der Waals surface area contributed by atoms with Gasteiger partial charge in [0.15, 0.2) is 5.82 Å². The Morgan fingerprint density at radius 3 is 2.31 bits per heavy atom. The zero-order valence-corrected chi connectivity index (χ0v) is 21.1. The Bertz CT molecular complexity index is 1140. The van der Waals surface area contributed by atoms with Gasteiger partial charge in [-0.1, -0.05) is 37.6 Å². The monoisotopic (exact) mass is 475 g/mol. The number of tetrazole rings is 1. The molecule has 0 N–H and O–H groups in total. The van der Waals surface area contributed by atoms with Gasteiger partial charge in [0.2, 0.25) is 0 Å². The van der Waals surface area contributed by atoms with Crippen LogP contribution in [0.5, 0.6) is 5.75 Å². The smallest absolute Gasteiger partial charge is 0.310 e. The van der Waals surface area contributed by atoms with Gasteiger partial charge < -0.3 is 9.47 Å². The van der Waals surface area contributed by atoms with E-state index in [-0.39, 0.29) is 11.9 Å². The van der Waals surface area contributed by atoms with Crippen LogP contribution < -0.4 is 4.74 Å². The maximum absolute atomic E-state index is 13.3. The number of hydrogen-bond donors (Lipinski definition) is 0. The third kappa shape index (κ3) is 7.38. The van der Waals surface area contributed by atoms with Gasteiger partial charge in [-0.15, -0.1) is 10.2 Å². The number of esters is 1. The number of aromatic nitrogens is 4. The first-order valence-electron chi connectivity index (χ1n) is 11.8. The maximum Gasteiger partial charge on any atom is 0.310 e. The van der Waals surface area contributed by atoms with Gasteiger partial charge in [-0.25, -0.2) is 0 Å². The topological polar surface area (TPSA) is 103 Å². The summed E-state index contributed by atoms with van der Waals surface area (Å²) in [5.74, 6) is 0.288. The standard InChI is InChI=1S/C27H33N5O3/c1-6-7-23(26(33)35-27(2,3)4)24(16-19-8-10-20(17-28)11-9-19)25-29-31-32(30-25)18-21-12-14-22(34-5)15-13-21/h8-15,23-24H,6-7,16,18H2,1-5H3/t23?,24-/m0/s1. The molecule has 3 aromatic rings. The third-order valence-corrected chi connectivity index (χ3v) is 5.62. The van der Waals surface area contributed by atoms with Gasteiger partial charge in [-0.2, -0.15) is 10.1 Å². The summed E-state index contributed by atoms with van der Waals surface area (Å²) in [5.41, 5.74) is 1.99. The molecular weight excluding hydrogens is 442 g/mol. The normalized spacial score (nSPS) is 13.0. The predicted molar refractivity (Wildman–Crippen MR) is 132 cm³/mol. The lowest BCUT2D eigenvalue weighted by atomic mass is 9.83. The minimum absolute atomic E-state index is 0.260. The predicted octanol–water partition coefficient (Wildman–Crippen LogP) is 4.69. The largest absolute Gasteiger partial charge is 0.497 e. The fourth-order valence-corrected chi connectivity index (χ4v) is 3.92. The summed E-state index contributed by atoms with van der Waals surface area (Å²) in [5, 5.41) is 22.4. The van der Waals surface area contributed by atoms with Crippen molar-refractivity contribution >= 4 is 5.97 Å². The van der Waals surface area contributed by atoms with Crippen LogP contribution in [0, 0.1) is 17.2 Å². The van der Waals surface area contributed by atoms with E-state index in [2.05, 4.69) is 21.5 Å². The summed E-state index contributed by atoms with van der Waals surface area (Å²) in [7, 11) is 1.63. The van der Waals surface area contributed by atoms with Gasteiger partial charge in [0.25, 0.3) is 0 Å². The number of hydrogen-bond acceptors (Lipinski definition) is 7. The van der Waals surface area contributed by atoms with Crippen molar-refractivity contribution in [3.8, 4) is 11.8 Å². The summed E-state index contributed by atoms with van der Waals surface area (Å²) < 4.78 is 11.0. The summed E-state index contributed by atoms with van der Waals surface area (Å²) in [6.45, 7) is 8.10. The molecule has 35 heavy (non-hydrogen) atoms. The van der Waals surface area contributed by atoms with Crippen molar-refractivity contribution in [2.75, 3.05) is 7.11 Å². The van der Waals surface area contributed by atoms with Crippen molar-refractivity contribution < 1.29 is 14.3 Å². The molecule has 1 heterocycles. The Kier molecular flexibility index (Phi) is 8.58. The average molecular weight is 476 g/mol. The van der Waals surface area contributed by atoms with E-state index in [0.29, 0.717) is 30.8 Å². The van der Waals surface area contributed by atoms with Gasteiger partial charge >= 0.3 is 5.97 Å². The molecular formula is C27H33N5O3. The number of nitriles is 1. The van der Waals surface area contributed by atoms with Crippen molar-refractivity contribution in [1.29, 1.82) is 5.26 Å². The molecule has 0 aliphatic heterocycles. The summed E-state index contributed by atoms with van der Waals surface area (Å²) in [6.07, 6.45) is 1.99. The molecule has 0 radical (unpaired) electrons. The molecule has 0 spiro atoms. The van der Waals surface area contributed by atoms with E-state index in [1.54, 1.807) is 24.0 Å². The molecule has 0 bridgehead atoms. The van der Waals surface area contributed by atoms with E-state index in [9.17, 15) is 4.79 Å². The molecule has 2 aromatic carbocycles. The molecule has 0 aliphatic carbocycles. The zero-order valence-electron chi connectivity index (χ0n) is 21.1. The van der Waals surface area contributed by atoms with E-state index in [1.807, 2.05) is 64.1 Å². The zero-order chi connectivity index (χ0) is 25.4. The third-order valence-electron chi connectivity index (χ3n) is 5.62. The molecule has 1 unspecified atom stereocenters. The molecule has 0 saturated heterocycles. The lowest BCUT2D eigenvalue weighted by Crippen LogP contribution is -2.33. The first-order chi connectivity index (χ1) is 16.7. The minimum Gasteiger partial charge on any atom is -0.497 e. The molecule has 2 atom stereocenters. The summed E-state index contributed by atoms with van der Waals surface area (Å²) in [6, 6.07) is 17.2. The van der Waals surface area contributed by atoms with Crippen LogP contribution in [0.2, 0.25) is 0 Å². The van der Waals surface area contributed by atoms with Gasteiger partial charge in [-0.05, 0) is 74.2 Å². The van der Waals surface area contributed by atoms with Crippen molar-refractivity contribution in [2.24, 2.45) is 5.92 Å². The van der Waals surface area contributed by atoms with Gasteiger partial charge in [-0.3, -0.25) is 4.79 Å². The Morgan fingerprint density at radius 2 is 1.74 bits per heavy atom. The fourth-order valence-electron chi connectivity index (χ4n) is 3.92. The van der Waals surface area contributed by atoms with Crippen molar-refractivity contribution in [1.82, 2.24) is 20.2 Å². The number of methoxy groups -OCH3 is 1. The second-order valence-corrected chi connectivity index (χ2v) is 9.57. The van der Waals surface area contributed by atoms with Crippen LogP contribution in [0.3, 0.4) is 0 Å². The molecule has 184 valence electrons. The van der Waals surface area contributed by atoms with Crippen molar-refractivity contribution in [2.45, 2.75) is 65.0 Å². The number of carbonyl (C=O) groups is 1. The van der Waals surface area contributed by atoms with Gasteiger partial charge in [0.1, 0.15) is 11.4 Å². The van der Waals surface area contributed by atoms with Crippen molar-refractivity contribution in [3.63, 3.8) is 0 Å². The highest BCUT2D eigenvalue weighted by Gasteiger charge is 2.35. The van der Waals surface area contributed by atoms with E-state index >= 15 is 0 Å². The minimum atomic E-state index is -0.596. The quantitative estimate of drug-likeness (QED) is 0.392. The Balaban J connectivity index is 1.91. The highest BCUT2D eigenvalue weighted by atomic mass is 16.6. The van der Waals surface area contributed by atoms with E-state index in [4.69, 9.17) is 14.7 Å². The van der Waals surface area contributed by atoms with Crippen LogP contribution in [0.15, 0.2) is 48.5 Å². The molecule has 0 amide bonds. The van der Waals surface area contributed by atoms with Crippen molar-refractivity contribution in [3.05, 3.63) is 71.0 Å². The Labute approximate surface area is 206 Å². The lowest BCUT2D eigenvalue weighted by Gasteiger charge is -2.28. The second-order valence-electron chi connectivity index (χ2n) is 9.57. The summed E-state index contributed by atoms with van der Waals surface area (Å²) in [4.78, 5) is 14.8. The number of carbonyl (C=O) groups excluding carboxylic acids is 1. The number of ether oxygens (including phenoxy) is 2. The molecule has 0 aliphatic rings. The molecule has 8 heteroatoms. The number of rotatable bonds is 10. The van der Waals surface area contributed by atoms with Crippen LogP contribution >= 0.6 is 0 Å². The van der Waals surface area contributed by atoms with E-state index < -0.39 is 11.5 Å². The van der Waals surface area contributed by atoms with E-state index in [0.717, 1.165) is 23.3 Å². The fraction of sp³-hybridized carbons (Fsp3) is 0.444. The van der Waals surface area contributed by atoms with Crippen LogP contribution in [-0.4, -0.2) is 38.9 Å². The first-order valence-corrected chi connectivity index (χ1v) is 11.8. The molecule has 0 fully saturated rings. The summed E-state index contributed by atoms with van der Waals surface area (Å²) >= 11 is 0. The Morgan fingerprint density at radius 1 is 1.09 bits per heavy atom. The van der Waals surface area contributed by atoms with Crippen LogP contribution in [0.1, 0.15) is 69.0 Å². The van der Waals surface area contributed by atoms with Gasteiger partial charge in [0.05, 0.1) is 31.2 Å². The average Bonchev–Trinajstić information content (AvgIpc) is 3.29. The lowest BCUT2D eigenvalue weighted by molar-refractivity contribution is -0.161. The molecule has 3 rings (SSSR count). The highest BCUT2D eigenvalue weighted by molar-refractivity contribution is 5.74. The highest BCUT2D eigenvalue weighted by Crippen LogP contribution is 2.32. The Hall–Kier alpha value is -3.73. The molecule has 8 nitrogen and oxygen atoms in total. The maximum atomic E-state index is 13.3. The number of benzene rings is 2. The SMILES string of the molecule is CCCC(C(=O)OC(C)(C)C)[C@H](Cc1ccc(C#N)cc1)c1nnn(Cc2ccc(OC)cc2)n1. The van der Waals surface area contributed by atoms with Gasteiger partial charge in [0, 0.05) is 5.92 Å².